The molecule has 0 aromatic carbocycles. The molecule has 1 aromatic rings. The van der Waals surface area contributed by atoms with Crippen LogP contribution in [0.4, 0.5) is 5.82 Å². The Balaban J connectivity index is 1.93. The van der Waals surface area contributed by atoms with Gasteiger partial charge in [0.1, 0.15) is 5.82 Å². The zero-order valence-electron chi connectivity index (χ0n) is 13.5. The van der Waals surface area contributed by atoms with Crippen molar-refractivity contribution in [1.82, 2.24) is 15.3 Å². The van der Waals surface area contributed by atoms with E-state index in [0.717, 1.165) is 44.3 Å². The van der Waals surface area contributed by atoms with Crippen LogP contribution in [-0.4, -0.2) is 43.3 Å². The van der Waals surface area contributed by atoms with Gasteiger partial charge in [0.2, 0.25) is 0 Å². The lowest BCUT2D eigenvalue weighted by Gasteiger charge is -2.33. The molecule has 1 aliphatic heterocycles. The number of methoxy groups -OCH3 is 1. The molecule has 2 heterocycles. The van der Waals surface area contributed by atoms with Gasteiger partial charge in [-0.1, -0.05) is 13.8 Å². The highest BCUT2D eigenvalue weighted by atomic mass is 16.5. The fraction of sp³-hybridized carbons (Fsp3) is 0.750. The van der Waals surface area contributed by atoms with Crippen LogP contribution in [0.3, 0.4) is 0 Å². The van der Waals surface area contributed by atoms with E-state index in [-0.39, 0.29) is 0 Å². The van der Waals surface area contributed by atoms with Crippen LogP contribution in [0.5, 0.6) is 0 Å². The van der Waals surface area contributed by atoms with Crippen LogP contribution < -0.4 is 10.2 Å². The molecule has 5 nitrogen and oxygen atoms in total. The molecule has 0 radical (unpaired) electrons. The van der Waals surface area contributed by atoms with Gasteiger partial charge in [0.05, 0.1) is 18.5 Å². The van der Waals surface area contributed by atoms with E-state index in [1.165, 1.54) is 12.8 Å². The zero-order chi connectivity index (χ0) is 15.1. The van der Waals surface area contributed by atoms with Crippen molar-refractivity contribution in [3.05, 3.63) is 18.1 Å². The number of ether oxygens (including phenoxy) is 1. The lowest BCUT2D eigenvalue weighted by molar-refractivity contribution is 0.143. The summed E-state index contributed by atoms with van der Waals surface area (Å²) in [5.74, 6) is 2.26. The molecule has 0 spiro atoms. The van der Waals surface area contributed by atoms with E-state index in [1.54, 1.807) is 7.11 Å². The number of hydrogen-bond acceptors (Lipinski definition) is 5. The molecule has 21 heavy (non-hydrogen) atoms. The summed E-state index contributed by atoms with van der Waals surface area (Å²) in [6.07, 6.45) is 6.17. The largest absolute Gasteiger partial charge is 0.384 e. The summed E-state index contributed by atoms with van der Waals surface area (Å²) in [6, 6.07) is 0. The van der Waals surface area contributed by atoms with Gasteiger partial charge in [0, 0.05) is 32.9 Å². The summed E-state index contributed by atoms with van der Waals surface area (Å²) in [4.78, 5) is 11.4. The van der Waals surface area contributed by atoms with Crippen LogP contribution in [-0.2, 0) is 11.3 Å². The highest BCUT2D eigenvalue weighted by Crippen LogP contribution is 2.21. The molecule has 0 saturated carbocycles. The average molecular weight is 292 g/mol. The summed E-state index contributed by atoms with van der Waals surface area (Å²) < 4.78 is 5.29. The molecule has 1 fully saturated rings. The van der Waals surface area contributed by atoms with Gasteiger partial charge in [-0.05, 0) is 31.2 Å². The van der Waals surface area contributed by atoms with Gasteiger partial charge < -0.3 is 15.0 Å². The summed E-state index contributed by atoms with van der Waals surface area (Å²) in [5.41, 5.74) is 1.02. The van der Waals surface area contributed by atoms with Crippen molar-refractivity contribution in [2.24, 2.45) is 11.8 Å². The normalized spacial score (nSPS) is 19.2. The molecule has 0 amide bonds. The van der Waals surface area contributed by atoms with E-state index >= 15 is 0 Å². The molecule has 5 heteroatoms. The van der Waals surface area contributed by atoms with Crippen molar-refractivity contribution in [3.8, 4) is 0 Å². The Labute approximate surface area is 128 Å². The standard InChI is InChI=1S/C16H28N4O/c1-13(2)7-17-8-15-9-18-10-16(19-15)20-6-4-5-14(11-20)12-21-3/h9-10,13-14,17H,4-8,11-12H2,1-3H3. The number of aromatic nitrogens is 2. The van der Waals surface area contributed by atoms with E-state index < -0.39 is 0 Å². The first kappa shape index (κ1) is 16.2. The molecular weight excluding hydrogens is 264 g/mol. The number of rotatable bonds is 7. The Morgan fingerprint density at radius 3 is 3.05 bits per heavy atom. The second-order valence-corrected chi connectivity index (χ2v) is 6.30. The van der Waals surface area contributed by atoms with E-state index in [1.807, 2.05) is 12.4 Å². The Morgan fingerprint density at radius 2 is 2.29 bits per heavy atom. The lowest BCUT2D eigenvalue weighted by Crippen LogP contribution is -2.37. The number of anilines is 1. The topological polar surface area (TPSA) is 50.3 Å². The first-order valence-electron chi connectivity index (χ1n) is 7.94. The fourth-order valence-electron chi connectivity index (χ4n) is 2.77. The van der Waals surface area contributed by atoms with Crippen LogP contribution in [0.1, 0.15) is 32.4 Å². The van der Waals surface area contributed by atoms with Gasteiger partial charge in [-0.25, -0.2) is 4.98 Å². The van der Waals surface area contributed by atoms with Gasteiger partial charge in [-0.15, -0.1) is 0 Å². The Hall–Kier alpha value is -1.20. The van der Waals surface area contributed by atoms with Gasteiger partial charge in [0.15, 0.2) is 0 Å². The highest BCUT2D eigenvalue weighted by Gasteiger charge is 2.21. The third-order valence-electron chi connectivity index (χ3n) is 3.78. The van der Waals surface area contributed by atoms with Crippen molar-refractivity contribution >= 4 is 5.82 Å². The van der Waals surface area contributed by atoms with E-state index in [9.17, 15) is 0 Å². The monoisotopic (exact) mass is 292 g/mol. The number of nitrogens with one attached hydrogen (secondary N) is 1. The molecule has 1 aromatic heterocycles. The molecule has 2 rings (SSSR count). The van der Waals surface area contributed by atoms with Crippen LogP contribution in [0.2, 0.25) is 0 Å². The molecule has 0 aliphatic carbocycles. The third-order valence-corrected chi connectivity index (χ3v) is 3.78. The van der Waals surface area contributed by atoms with Crippen LogP contribution in [0.15, 0.2) is 12.4 Å². The predicted molar refractivity (Wildman–Crippen MR) is 85.4 cm³/mol. The van der Waals surface area contributed by atoms with Crippen molar-refractivity contribution in [3.63, 3.8) is 0 Å². The highest BCUT2D eigenvalue weighted by molar-refractivity contribution is 5.37. The molecular formula is C16H28N4O. The van der Waals surface area contributed by atoms with Crippen molar-refractivity contribution in [2.75, 3.05) is 38.3 Å². The van der Waals surface area contributed by atoms with Crippen molar-refractivity contribution < 1.29 is 4.74 Å². The summed E-state index contributed by atoms with van der Waals surface area (Å²) >= 11 is 0. The summed E-state index contributed by atoms with van der Waals surface area (Å²) in [7, 11) is 1.78. The molecule has 0 bridgehead atoms. The molecule has 1 aliphatic rings. The van der Waals surface area contributed by atoms with Gasteiger partial charge in [0.25, 0.3) is 0 Å². The Bertz CT molecular complexity index is 422. The molecule has 1 atom stereocenters. The summed E-state index contributed by atoms with van der Waals surface area (Å²) in [6.45, 7) is 9.13. The third kappa shape index (κ3) is 5.25. The maximum atomic E-state index is 5.29. The minimum Gasteiger partial charge on any atom is -0.384 e. The van der Waals surface area contributed by atoms with Crippen molar-refractivity contribution in [2.45, 2.75) is 33.2 Å². The fourth-order valence-corrected chi connectivity index (χ4v) is 2.77. The Morgan fingerprint density at radius 1 is 1.43 bits per heavy atom. The van der Waals surface area contributed by atoms with Crippen molar-refractivity contribution in [1.29, 1.82) is 0 Å². The van der Waals surface area contributed by atoms with Gasteiger partial charge in [-0.2, -0.15) is 0 Å². The Kier molecular flexibility index (Phi) is 6.39. The maximum absolute atomic E-state index is 5.29. The molecule has 1 saturated heterocycles. The minimum absolute atomic E-state index is 0.605. The average Bonchev–Trinajstić information content (AvgIpc) is 2.48. The van der Waals surface area contributed by atoms with E-state index in [4.69, 9.17) is 9.72 Å². The lowest BCUT2D eigenvalue weighted by atomic mass is 9.99. The van der Waals surface area contributed by atoms with E-state index in [0.29, 0.717) is 11.8 Å². The molecule has 1 unspecified atom stereocenters. The number of nitrogens with zero attached hydrogens (tertiary/aromatic N) is 3. The van der Waals surface area contributed by atoms with Crippen LogP contribution in [0, 0.1) is 11.8 Å². The SMILES string of the molecule is COCC1CCCN(c2cncc(CNCC(C)C)n2)C1. The second kappa shape index (κ2) is 8.29. The predicted octanol–water partition coefficient (Wildman–Crippen LogP) is 2.08. The first-order valence-corrected chi connectivity index (χ1v) is 7.94. The second-order valence-electron chi connectivity index (χ2n) is 6.30. The quantitative estimate of drug-likeness (QED) is 0.834. The number of piperidine rings is 1. The summed E-state index contributed by atoms with van der Waals surface area (Å²) in [5, 5.41) is 3.42. The maximum Gasteiger partial charge on any atom is 0.147 e. The first-order chi connectivity index (χ1) is 10.2. The zero-order valence-corrected chi connectivity index (χ0v) is 13.5. The molecule has 118 valence electrons. The minimum atomic E-state index is 0.605. The van der Waals surface area contributed by atoms with Gasteiger partial charge >= 0.3 is 0 Å². The van der Waals surface area contributed by atoms with Crippen LogP contribution >= 0.6 is 0 Å². The van der Waals surface area contributed by atoms with Crippen LogP contribution in [0.25, 0.3) is 0 Å². The smallest absolute Gasteiger partial charge is 0.147 e. The van der Waals surface area contributed by atoms with E-state index in [2.05, 4.69) is 29.0 Å². The van der Waals surface area contributed by atoms with Gasteiger partial charge in [-0.3, -0.25) is 4.98 Å². The molecule has 1 N–H and O–H groups in total. The number of hydrogen-bond donors (Lipinski definition) is 1.